The van der Waals surface area contributed by atoms with Crippen LogP contribution in [0.5, 0.6) is 0 Å². The van der Waals surface area contributed by atoms with Gasteiger partial charge in [0.25, 0.3) is 0 Å². The standard InChI is InChI=1S/C8H6BrClN2/c1-5-4-12-6(2-7(5)10)3-8(9)11-12/h2-4H,1H3. The van der Waals surface area contributed by atoms with Gasteiger partial charge in [-0.1, -0.05) is 11.6 Å². The summed E-state index contributed by atoms with van der Waals surface area (Å²) in [7, 11) is 0. The third-order valence-electron chi connectivity index (χ3n) is 1.70. The van der Waals surface area contributed by atoms with Crippen LogP contribution in [0.15, 0.2) is 22.9 Å². The van der Waals surface area contributed by atoms with Crippen LogP contribution >= 0.6 is 27.5 Å². The molecule has 2 heterocycles. The Bertz CT molecular complexity index is 397. The van der Waals surface area contributed by atoms with Crippen LogP contribution in [-0.4, -0.2) is 9.61 Å². The van der Waals surface area contributed by atoms with Gasteiger partial charge in [0.2, 0.25) is 0 Å². The molecule has 0 aliphatic heterocycles. The Morgan fingerprint density at radius 3 is 3.00 bits per heavy atom. The number of rotatable bonds is 0. The van der Waals surface area contributed by atoms with Gasteiger partial charge < -0.3 is 0 Å². The van der Waals surface area contributed by atoms with Gasteiger partial charge in [0, 0.05) is 11.2 Å². The zero-order valence-corrected chi connectivity index (χ0v) is 8.72. The summed E-state index contributed by atoms with van der Waals surface area (Å²) in [5.74, 6) is 0. The van der Waals surface area contributed by atoms with Crippen molar-refractivity contribution < 1.29 is 0 Å². The summed E-state index contributed by atoms with van der Waals surface area (Å²) in [6.07, 6.45) is 1.91. The molecule has 0 aliphatic rings. The van der Waals surface area contributed by atoms with E-state index in [1.165, 1.54) is 0 Å². The summed E-state index contributed by atoms with van der Waals surface area (Å²) in [5.41, 5.74) is 2.03. The predicted molar refractivity (Wildman–Crippen MR) is 52.6 cm³/mol. The molecule has 4 heteroatoms. The first-order valence-corrected chi connectivity index (χ1v) is 4.65. The van der Waals surface area contributed by atoms with E-state index in [2.05, 4.69) is 21.0 Å². The second-order valence-electron chi connectivity index (χ2n) is 2.64. The molecule has 0 fully saturated rings. The summed E-state index contributed by atoms with van der Waals surface area (Å²) in [5, 5.41) is 4.96. The molecule has 0 N–H and O–H groups in total. The molecule has 0 amide bonds. The highest BCUT2D eigenvalue weighted by atomic mass is 79.9. The molecule has 2 nitrogen and oxygen atoms in total. The molecular formula is C8H6BrClN2. The van der Waals surface area contributed by atoms with Crippen LogP contribution in [0, 0.1) is 6.92 Å². The molecule has 0 atom stereocenters. The van der Waals surface area contributed by atoms with Gasteiger partial charge in [0.15, 0.2) is 0 Å². The summed E-state index contributed by atoms with van der Waals surface area (Å²) < 4.78 is 2.62. The largest absolute Gasteiger partial charge is 0.239 e. The van der Waals surface area contributed by atoms with Gasteiger partial charge in [-0.05, 0) is 40.5 Å². The van der Waals surface area contributed by atoms with Crippen molar-refractivity contribution in [1.82, 2.24) is 9.61 Å². The van der Waals surface area contributed by atoms with Crippen molar-refractivity contribution in [2.45, 2.75) is 6.92 Å². The summed E-state index contributed by atoms with van der Waals surface area (Å²) in [6.45, 7) is 1.96. The van der Waals surface area contributed by atoms with Crippen molar-refractivity contribution in [3.8, 4) is 0 Å². The fourth-order valence-corrected chi connectivity index (χ4v) is 1.64. The highest BCUT2D eigenvalue weighted by Crippen LogP contribution is 2.19. The van der Waals surface area contributed by atoms with Crippen LogP contribution in [0.25, 0.3) is 5.52 Å². The number of aryl methyl sites for hydroxylation is 1. The first-order chi connectivity index (χ1) is 5.66. The van der Waals surface area contributed by atoms with Crippen LogP contribution in [0.4, 0.5) is 0 Å². The van der Waals surface area contributed by atoms with Gasteiger partial charge >= 0.3 is 0 Å². The third-order valence-corrected chi connectivity index (χ3v) is 2.50. The van der Waals surface area contributed by atoms with Crippen LogP contribution < -0.4 is 0 Å². The van der Waals surface area contributed by atoms with Gasteiger partial charge in [-0.25, -0.2) is 4.52 Å². The van der Waals surface area contributed by atoms with E-state index < -0.39 is 0 Å². The van der Waals surface area contributed by atoms with Gasteiger partial charge in [0.1, 0.15) is 4.60 Å². The lowest BCUT2D eigenvalue weighted by atomic mass is 10.3. The molecule has 0 spiro atoms. The van der Waals surface area contributed by atoms with Crippen LogP contribution in [0.2, 0.25) is 5.02 Å². The maximum absolute atomic E-state index is 5.94. The van der Waals surface area contributed by atoms with Gasteiger partial charge in [-0.3, -0.25) is 0 Å². The average molecular weight is 246 g/mol. The van der Waals surface area contributed by atoms with Crippen LogP contribution in [0.3, 0.4) is 0 Å². The number of halogens is 2. The van der Waals surface area contributed by atoms with E-state index in [4.69, 9.17) is 11.6 Å². The van der Waals surface area contributed by atoms with Crippen molar-refractivity contribution in [2.75, 3.05) is 0 Å². The van der Waals surface area contributed by atoms with Gasteiger partial charge in [-0.2, -0.15) is 5.10 Å². The molecule has 0 radical (unpaired) electrons. The molecule has 0 bridgehead atoms. The number of fused-ring (bicyclic) bond motifs is 1. The number of pyridine rings is 1. The van der Waals surface area contributed by atoms with E-state index in [1.54, 1.807) is 4.52 Å². The second kappa shape index (κ2) is 2.75. The monoisotopic (exact) mass is 244 g/mol. The highest BCUT2D eigenvalue weighted by molar-refractivity contribution is 9.10. The number of hydrogen-bond donors (Lipinski definition) is 0. The minimum atomic E-state index is 0.773. The van der Waals surface area contributed by atoms with Crippen molar-refractivity contribution in [3.05, 3.63) is 33.5 Å². The Balaban J connectivity index is 2.83. The van der Waals surface area contributed by atoms with Gasteiger partial charge in [0.05, 0.1) is 5.52 Å². The summed E-state index contributed by atoms with van der Waals surface area (Å²) in [4.78, 5) is 0. The smallest absolute Gasteiger partial charge is 0.129 e. The normalized spacial score (nSPS) is 10.9. The molecule has 2 aromatic heterocycles. The molecule has 0 saturated heterocycles. The first-order valence-electron chi connectivity index (χ1n) is 3.48. The molecule has 62 valence electrons. The van der Waals surface area contributed by atoms with Crippen molar-refractivity contribution in [2.24, 2.45) is 0 Å². The fourth-order valence-electron chi connectivity index (χ4n) is 1.08. The summed E-state index contributed by atoms with van der Waals surface area (Å²) in [6, 6.07) is 3.82. The maximum Gasteiger partial charge on any atom is 0.129 e. The minimum absolute atomic E-state index is 0.773. The topological polar surface area (TPSA) is 17.3 Å². The van der Waals surface area contributed by atoms with Crippen molar-refractivity contribution in [1.29, 1.82) is 0 Å². The minimum Gasteiger partial charge on any atom is -0.239 e. The van der Waals surface area contributed by atoms with E-state index in [-0.39, 0.29) is 0 Å². The molecule has 2 aromatic rings. The zero-order valence-electron chi connectivity index (χ0n) is 6.38. The van der Waals surface area contributed by atoms with Crippen LogP contribution in [0.1, 0.15) is 5.56 Å². The number of nitrogens with zero attached hydrogens (tertiary/aromatic N) is 2. The van der Waals surface area contributed by atoms with E-state index in [0.29, 0.717) is 0 Å². The van der Waals surface area contributed by atoms with E-state index in [0.717, 1.165) is 20.7 Å². The third kappa shape index (κ3) is 1.23. The van der Waals surface area contributed by atoms with Crippen molar-refractivity contribution in [3.63, 3.8) is 0 Å². The Morgan fingerprint density at radius 1 is 1.50 bits per heavy atom. The summed E-state index contributed by atoms with van der Waals surface area (Å²) >= 11 is 9.24. The molecule has 2 rings (SSSR count). The maximum atomic E-state index is 5.94. The Hall–Kier alpha value is -0.540. The van der Waals surface area contributed by atoms with E-state index >= 15 is 0 Å². The Kier molecular flexibility index (Phi) is 1.85. The lowest BCUT2D eigenvalue weighted by molar-refractivity contribution is 0.938. The molecule has 12 heavy (non-hydrogen) atoms. The Labute approximate surface area is 83.3 Å². The second-order valence-corrected chi connectivity index (χ2v) is 3.86. The van der Waals surface area contributed by atoms with E-state index in [9.17, 15) is 0 Å². The molecule has 0 aromatic carbocycles. The molecule has 0 aliphatic carbocycles. The highest BCUT2D eigenvalue weighted by Gasteiger charge is 2.01. The Morgan fingerprint density at radius 2 is 2.25 bits per heavy atom. The SMILES string of the molecule is Cc1cn2nc(Br)cc2cc1Cl. The quantitative estimate of drug-likeness (QED) is 0.697. The fraction of sp³-hybridized carbons (Fsp3) is 0.125. The predicted octanol–water partition coefficient (Wildman–Crippen LogP) is 3.06. The molecule has 0 saturated carbocycles. The van der Waals surface area contributed by atoms with Crippen LogP contribution in [-0.2, 0) is 0 Å². The first kappa shape index (κ1) is 8.08. The number of aromatic nitrogens is 2. The lowest BCUT2D eigenvalue weighted by Crippen LogP contribution is -1.88. The average Bonchev–Trinajstić information content (AvgIpc) is 2.30. The van der Waals surface area contributed by atoms with Crippen molar-refractivity contribution >= 4 is 33.0 Å². The number of hydrogen-bond acceptors (Lipinski definition) is 1. The lowest BCUT2D eigenvalue weighted by Gasteiger charge is -1.97. The molecule has 0 unspecified atom stereocenters. The van der Waals surface area contributed by atoms with E-state index in [1.807, 2.05) is 25.3 Å². The zero-order chi connectivity index (χ0) is 8.72. The van der Waals surface area contributed by atoms with Gasteiger partial charge in [-0.15, -0.1) is 0 Å². The molecular weight excluding hydrogens is 239 g/mol.